The summed E-state index contributed by atoms with van der Waals surface area (Å²) in [4.78, 5) is 14.0. The van der Waals surface area contributed by atoms with Gasteiger partial charge in [-0.05, 0) is 43.6 Å². The van der Waals surface area contributed by atoms with Crippen molar-refractivity contribution in [2.75, 3.05) is 20.1 Å². The van der Waals surface area contributed by atoms with Gasteiger partial charge in [-0.1, -0.05) is 12.1 Å². The van der Waals surface area contributed by atoms with Crippen LogP contribution in [0.1, 0.15) is 18.4 Å². The van der Waals surface area contributed by atoms with E-state index in [1.54, 1.807) is 24.3 Å². The number of benzene rings is 1. The molecule has 0 saturated carbocycles. The quantitative estimate of drug-likeness (QED) is 0.843. The number of piperidine rings is 1. The molecule has 1 heterocycles. The Morgan fingerprint density at radius 2 is 1.94 bits per heavy atom. The lowest BCUT2D eigenvalue weighted by Crippen LogP contribution is -2.44. The number of hydrogen-bond acceptors (Lipinski definition) is 3. The maximum absolute atomic E-state index is 12.1. The van der Waals surface area contributed by atoms with E-state index in [0.29, 0.717) is 12.5 Å². The van der Waals surface area contributed by atoms with Crippen molar-refractivity contribution in [1.82, 2.24) is 10.2 Å². The van der Waals surface area contributed by atoms with Gasteiger partial charge in [0.1, 0.15) is 5.75 Å². The first-order chi connectivity index (χ1) is 8.66. The summed E-state index contributed by atoms with van der Waals surface area (Å²) in [6, 6.07) is 7.18. The van der Waals surface area contributed by atoms with Crippen molar-refractivity contribution >= 4 is 5.91 Å². The molecule has 2 N–H and O–H groups in total. The van der Waals surface area contributed by atoms with Gasteiger partial charge in [-0.25, -0.2) is 0 Å². The summed E-state index contributed by atoms with van der Waals surface area (Å²) in [5.41, 5.74) is 0.943. The number of carbonyl (C=O) groups excluding carboxylic acids is 1. The van der Waals surface area contributed by atoms with Crippen LogP contribution in [0.4, 0.5) is 0 Å². The van der Waals surface area contributed by atoms with Crippen molar-refractivity contribution in [2.24, 2.45) is 0 Å². The van der Waals surface area contributed by atoms with Crippen LogP contribution >= 0.6 is 0 Å². The molecule has 4 nitrogen and oxygen atoms in total. The van der Waals surface area contributed by atoms with Gasteiger partial charge in [-0.2, -0.15) is 0 Å². The zero-order valence-electron chi connectivity index (χ0n) is 10.7. The minimum atomic E-state index is 0.146. The third-order valence-corrected chi connectivity index (χ3v) is 3.54. The van der Waals surface area contributed by atoms with Crippen LogP contribution in [0.5, 0.6) is 5.75 Å². The highest BCUT2D eigenvalue weighted by molar-refractivity contribution is 5.78. The summed E-state index contributed by atoms with van der Waals surface area (Å²) >= 11 is 0. The van der Waals surface area contributed by atoms with Crippen LogP contribution in [0.2, 0.25) is 0 Å². The summed E-state index contributed by atoms with van der Waals surface area (Å²) in [5.74, 6) is 0.380. The van der Waals surface area contributed by atoms with Crippen LogP contribution in [0.25, 0.3) is 0 Å². The van der Waals surface area contributed by atoms with E-state index < -0.39 is 0 Å². The van der Waals surface area contributed by atoms with Crippen molar-refractivity contribution < 1.29 is 9.90 Å². The third-order valence-electron chi connectivity index (χ3n) is 3.54. The molecule has 0 atom stereocenters. The molecule has 1 amide bonds. The zero-order chi connectivity index (χ0) is 13.0. The monoisotopic (exact) mass is 248 g/mol. The van der Waals surface area contributed by atoms with E-state index in [1.165, 1.54) is 0 Å². The van der Waals surface area contributed by atoms with Crippen molar-refractivity contribution in [3.63, 3.8) is 0 Å². The van der Waals surface area contributed by atoms with Crippen LogP contribution in [-0.2, 0) is 11.2 Å². The zero-order valence-corrected chi connectivity index (χ0v) is 10.7. The first-order valence-corrected chi connectivity index (χ1v) is 6.41. The molecule has 0 aliphatic carbocycles. The van der Waals surface area contributed by atoms with Gasteiger partial charge in [-0.15, -0.1) is 0 Å². The second-order valence-corrected chi connectivity index (χ2v) is 4.83. The highest BCUT2D eigenvalue weighted by Crippen LogP contribution is 2.14. The average Bonchev–Trinajstić information content (AvgIpc) is 2.41. The van der Waals surface area contributed by atoms with Crippen molar-refractivity contribution in [3.8, 4) is 5.75 Å². The molecule has 98 valence electrons. The minimum absolute atomic E-state index is 0.146. The summed E-state index contributed by atoms with van der Waals surface area (Å²) in [6.07, 6.45) is 2.45. The van der Waals surface area contributed by atoms with Gasteiger partial charge in [0.15, 0.2) is 0 Å². The predicted molar refractivity (Wildman–Crippen MR) is 70.5 cm³/mol. The Morgan fingerprint density at radius 1 is 1.33 bits per heavy atom. The molecule has 1 saturated heterocycles. The molecule has 0 unspecified atom stereocenters. The number of amides is 1. The Hall–Kier alpha value is -1.55. The molecular formula is C14H20N2O2. The molecule has 1 aliphatic rings. The lowest BCUT2D eigenvalue weighted by atomic mass is 10.0. The maximum Gasteiger partial charge on any atom is 0.226 e. The van der Waals surface area contributed by atoms with Crippen LogP contribution in [0.3, 0.4) is 0 Å². The third kappa shape index (κ3) is 3.23. The van der Waals surface area contributed by atoms with Gasteiger partial charge >= 0.3 is 0 Å². The van der Waals surface area contributed by atoms with Gasteiger partial charge in [0.2, 0.25) is 5.91 Å². The summed E-state index contributed by atoms with van der Waals surface area (Å²) < 4.78 is 0. The van der Waals surface area contributed by atoms with E-state index in [-0.39, 0.29) is 11.7 Å². The second kappa shape index (κ2) is 5.87. The topological polar surface area (TPSA) is 52.6 Å². The van der Waals surface area contributed by atoms with E-state index in [4.69, 9.17) is 0 Å². The Balaban J connectivity index is 1.92. The summed E-state index contributed by atoms with van der Waals surface area (Å²) in [7, 11) is 1.89. The molecule has 0 bridgehead atoms. The fourth-order valence-electron chi connectivity index (χ4n) is 2.31. The molecule has 2 rings (SSSR count). The van der Waals surface area contributed by atoms with E-state index in [2.05, 4.69) is 5.32 Å². The van der Waals surface area contributed by atoms with Crippen LogP contribution in [-0.4, -0.2) is 42.1 Å². The first kappa shape index (κ1) is 12.9. The Bertz CT molecular complexity index is 397. The molecular weight excluding hydrogens is 228 g/mol. The lowest BCUT2D eigenvalue weighted by Gasteiger charge is -2.31. The molecule has 0 aromatic heterocycles. The largest absolute Gasteiger partial charge is 0.508 e. The average molecular weight is 248 g/mol. The highest BCUT2D eigenvalue weighted by Gasteiger charge is 2.21. The van der Waals surface area contributed by atoms with Gasteiger partial charge in [-0.3, -0.25) is 4.79 Å². The van der Waals surface area contributed by atoms with E-state index in [1.807, 2.05) is 11.9 Å². The molecule has 18 heavy (non-hydrogen) atoms. The van der Waals surface area contributed by atoms with Crippen LogP contribution < -0.4 is 5.32 Å². The number of nitrogens with zero attached hydrogens (tertiary/aromatic N) is 1. The molecule has 1 aliphatic heterocycles. The van der Waals surface area contributed by atoms with Crippen molar-refractivity contribution in [1.29, 1.82) is 0 Å². The SMILES string of the molecule is CN(C(=O)Cc1ccc(O)cc1)C1CCNCC1. The smallest absolute Gasteiger partial charge is 0.226 e. The molecule has 1 aromatic rings. The van der Waals surface area contributed by atoms with Gasteiger partial charge in [0.25, 0.3) is 0 Å². The fraction of sp³-hybridized carbons (Fsp3) is 0.500. The fourth-order valence-corrected chi connectivity index (χ4v) is 2.31. The molecule has 1 aromatic carbocycles. The number of phenols is 1. The molecule has 4 heteroatoms. The minimum Gasteiger partial charge on any atom is -0.508 e. The Kier molecular flexibility index (Phi) is 4.20. The van der Waals surface area contributed by atoms with E-state index in [9.17, 15) is 9.90 Å². The Labute approximate surface area is 108 Å². The number of phenolic OH excluding ortho intramolecular Hbond substituents is 1. The van der Waals surface area contributed by atoms with Crippen LogP contribution in [0.15, 0.2) is 24.3 Å². The second-order valence-electron chi connectivity index (χ2n) is 4.83. The number of hydrogen-bond donors (Lipinski definition) is 2. The number of aromatic hydroxyl groups is 1. The summed E-state index contributed by atoms with van der Waals surface area (Å²) in [5, 5.41) is 12.5. The standard InChI is InChI=1S/C14H20N2O2/c1-16(12-6-8-15-9-7-12)14(18)10-11-2-4-13(17)5-3-11/h2-5,12,15,17H,6-10H2,1H3. The van der Waals surface area contributed by atoms with Gasteiger partial charge in [0.05, 0.1) is 6.42 Å². The number of likely N-dealkylation sites (N-methyl/N-ethyl adjacent to an activating group) is 1. The van der Waals surface area contributed by atoms with Crippen LogP contribution in [0, 0.1) is 0 Å². The lowest BCUT2D eigenvalue weighted by molar-refractivity contribution is -0.131. The summed E-state index contributed by atoms with van der Waals surface area (Å²) in [6.45, 7) is 1.98. The number of nitrogens with one attached hydrogen (secondary N) is 1. The number of carbonyl (C=O) groups is 1. The van der Waals surface area contributed by atoms with Gasteiger partial charge in [0, 0.05) is 13.1 Å². The predicted octanol–water partition coefficient (Wildman–Crippen LogP) is 1.15. The number of rotatable bonds is 3. The van der Waals surface area contributed by atoms with E-state index in [0.717, 1.165) is 31.5 Å². The normalized spacial score (nSPS) is 16.5. The molecule has 0 spiro atoms. The van der Waals surface area contributed by atoms with Crippen molar-refractivity contribution in [3.05, 3.63) is 29.8 Å². The van der Waals surface area contributed by atoms with Crippen molar-refractivity contribution in [2.45, 2.75) is 25.3 Å². The molecule has 1 fully saturated rings. The first-order valence-electron chi connectivity index (χ1n) is 6.41. The maximum atomic E-state index is 12.1. The Morgan fingerprint density at radius 3 is 2.56 bits per heavy atom. The highest BCUT2D eigenvalue weighted by atomic mass is 16.3. The van der Waals surface area contributed by atoms with E-state index >= 15 is 0 Å². The molecule has 0 radical (unpaired) electrons. The van der Waals surface area contributed by atoms with Gasteiger partial charge < -0.3 is 15.3 Å².